The number of carbonyl (C=O) groups excluding carboxylic acids is 2. The number of carbonyl (C=O) groups is 2. The molecule has 8 nitrogen and oxygen atoms in total. The Hall–Kier alpha value is -2.46. The lowest BCUT2D eigenvalue weighted by Gasteiger charge is -2.29. The third-order valence-corrected chi connectivity index (χ3v) is 8.68. The summed E-state index contributed by atoms with van der Waals surface area (Å²) in [6, 6.07) is 13.2. The summed E-state index contributed by atoms with van der Waals surface area (Å²) in [6.45, 7) is 4.11. The second-order valence-electron chi connectivity index (χ2n) is 9.22. The predicted molar refractivity (Wildman–Crippen MR) is 144 cm³/mol. The van der Waals surface area contributed by atoms with E-state index in [1.54, 1.807) is 55.3 Å². The summed E-state index contributed by atoms with van der Waals surface area (Å²) >= 11 is 6.01. The number of nitrogens with one attached hydrogen (secondary N) is 1. The molecule has 2 aromatic rings. The fraction of sp³-hybridized carbons (Fsp3) is 0.481. The van der Waals surface area contributed by atoms with Gasteiger partial charge in [0.15, 0.2) is 0 Å². The third-order valence-electron chi connectivity index (χ3n) is 6.51. The van der Waals surface area contributed by atoms with E-state index in [2.05, 4.69) is 5.32 Å². The first kappa shape index (κ1) is 29.1. The maximum absolute atomic E-state index is 13.3. The number of amides is 2. The maximum atomic E-state index is 13.3. The monoisotopic (exact) mass is 549 g/mol. The molecule has 2 aromatic carbocycles. The van der Waals surface area contributed by atoms with Crippen LogP contribution in [-0.2, 0) is 37.3 Å². The van der Waals surface area contributed by atoms with Crippen LogP contribution in [0, 0.1) is 0 Å². The average molecular weight is 550 g/mol. The summed E-state index contributed by atoms with van der Waals surface area (Å²) in [5, 5.41) is 3.47. The van der Waals surface area contributed by atoms with Crippen molar-refractivity contribution >= 4 is 33.4 Å². The van der Waals surface area contributed by atoms with Crippen LogP contribution in [0.5, 0.6) is 0 Å². The van der Waals surface area contributed by atoms with Crippen molar-refractivity contribution in [1.82, 2.24) is 14.5 Å². The van der Waals surface area contributed by atoms with Crippen LogP contribution in [0.4, 0.5) is 0 Å². The Morgan fingerprint density at radius 3 is 2.30 bits per heavy atom. The normalized spacial score (nSPS) is 14.9. The van der Waals surface area contributed by atoms with Crippen molar-refractivity contribution in [2.75, 3.05) is 33.4 Å². The second kappa shape index (κ2) is 13.9. The quantitative estimate of drug-likeness (QED) is 0.385. The van der Waals surface area contributed by atoms with Crippen molar-refractivity contribution in [2.45, 2.75) is 56.5 Å². The van der Waals surface area contributed by atoms with Gasteiger partial charge in [-0.2, -0.15) is 4.31 Å². The Balaban J connectivity index is 1.66. The van der Waals surface area contributed by atoms with Gasteiger partial charge in [0.2, 0.25) is 21.8 Å². The molecule has 1 N–H and O–H groups in total. The summed E-state index contributed by atoms with van der Waals surface area (Å²) in [7, 11) is -1.87. The van der Waals surface area contributed by atoms with Crippen LogP contribution in [0.3, 0.4) is 0 Å². The van der Waals surface area contributed by atoms with Crippen molar-refractivity contribution in [3.8, 4) is 0 Å². The van der Waals surface area contributed by atoms with Gasteiger partial charge in [-0.15, -0.1) is 0 Å². The number of hydrogen-bond donors (Lipinski definition) is 1. The van der Waals surface area contributed by atoms with Gasteiger partial charge in [-0.3, -0.25) is 9.59 Å². The fourth-order valence-electron chi connectivity index (χ4n) is 4.25. The molecular weight excluding hydrogens is 514 g/mol. The van der Waals surface area contributed by atoms with Crippen LogP contribution in [0.15, 0.2) is 53.4 Å². The highest BCUT2D eigenvalue weighted by atomic mass is 35.5. The molecule has 0 aromatic heterocycles. The minimum Gasteiger partial charge on any atom is -0.385 e. The lowest BCUT2D eigenvalue weighted by atomic mass is 10.1. The van der Waals surface area contributed by atoms with E-state index >= 15 is 0 Å². The van der Waals surface area contributed by atoms with Gasteiger partial charge in [0.05, 0.1) is 4.90 Å². The Kier molecular flexibility index (Phi) is 10.9. The summed E-state index contributed by atoms with van der Waals surface area (Å²) in [5.74, 6) is -0.391. The molecule has 1 aliphatic rings. The highest BCUT2D eigenvalue weighted by Gasteiger charge is 2.28. The minimum atomic E-state index is -3.47. The number of benzene rings is 2. The molecule has 0 spiro atoms. The highest BCUT2D eigenvalue weighted by molar-refractivity contribution is 7.89. The van der Waals surface area contributed by atoms with Gasteiger partial charge in [-0.1, -0.05) is 35.9 Å². The van der Waals surface area contributed by atoms with Gasteiger partial charge in [-0.05, 0) is 68.0 Å². The number of nitrogens with zero attached hydrogens (tertiary/aromatic N) is 2. The molecule has 0 aliphatic carbocycles. The van der Waals surface area contributed by atoms with E-state index in [0.717, 1.165) is 24.0 Å². The first-order chi connectivity index (χ1) is 17.7. The molecule has 1 heterocycles. The van der Waals surface area contributed by atoms with Gasteiger partial charge in [0.25, 0.3) is 0 Å². The Bertz CT molecular complexity index is 1130. The number of sulfonamides is 1. The molecule has 1 fully saturated rings. The Morgan fingerprint density at radius 1 is 1.05 bits per heavy atom. The molecule has 1 aliphatic heterocycles. The van der Waals surface area contributed by atoms with E-state index in [4.69, 9.17) is 16.3 Å². The molecule has 0 unspecified atom stereocenters. The van der Waals surface area contributed by atoms with Crippen molar-refractivity contribution in [3.63, 3.8) is 0 Å². The largest absolute Gasteiger partial charge is 0.385 e. The molecule has 1 atom stereocenters. The van der Waals surface area contributed by atoms with Crippen molar-refractivity contribution < 1.29 is 22.7 Å². The summed E-state index contributed by atoms with van der Waals surface area (Å²) < 4.78 is 32.1. The highest BCUT2D eigenvalue weighted by Crippen LogP contribution is 2.22. The molecule has 0 saturated carbocycles. The second-order valence-corrected chi connectivity index (χ2v) is 11.6. The van der Waals surface area contributed by atoms with Crippen LogP contribution < -0.4 is 5.32 Å². The number of hydrogen-bond acceptors (Lipinski definition) is 5. The van der Waals surface area contributed by atoms with E-state index < -0.39 is 16.1 Å². The Labute approximate surface area is 225 Å². The van der Waals surface area contributed by atoms with Gasteiger partial charge >= 0.3 is 0 Å². The van der Waals surface area contributed by atoms with E-state index in [0.29, 0.717) is 44.1 Å². The van der Waals surface area contributed by atoms with Crippen LogP contribution in [0.1, 0.15) is 43.7 Å². The number of ether oxygens (including phenoxy) is 1. The van der Waals surface area contributed by atoms with Crippen molar-refractivity contribution in [2.24, 2.45) is 0 Å². The first-order valence-corrected chi connectivity index (χ1v) is 14.4. The van der Waals surface area contributed by atoms with Crippen molar-refractivity contribution in [1.29, 1.82) is 0 Å². The molecule has 2 amide bonds. The fourth-order valence-corrected chi connectivity index (χ4v) is 5.89. The molecule has 37 heavy (non-hydrogen) atoms. The van der Waals surface area contributed by atoms with E-state index in [1.165, 1.54) is 4.31 Å². The molecule has 0 bridgehead atoms. The van der Waals surface area contributed by atoms with Crippen LogP contribution in [0.25, 0.3) is 0 Å². The number of halogens is 1. The summed E-state index contributed by atoms with van der Waals surface area (Å²) in [6.07, 6.45) is 3.07. The average Bonchev–Trinajstić information content (AvgIpc) is 3.45. The van der Waals surface area contributed by atoms with Gasteiger partial charge in [0, 0.05) is 51.3 Å². The zero-order valence-electron chi connectivity index (χ0n) is 21.5. The lowest BCUT2D eigenvalue weighted by Crippen LogP contribution is -2.48. The summed E-state index contributed by atoms with van der Waals surface area (Å²) in [5.41, 5.74) is 1.73. The van der Waals surface area contributed by atoms with Crippen LogP contribution in [0.2, 0.25) is 5.02 Å². The topological polar surface area (TPSA) is 96.0 Å². The number of rotatable bonds is 13. The van der Waals surface area contributed by atoms with E-state index in [9.17, 15) is 18.0 Å². The van der Waals surface area contributed by atoms with Crippen LogP contribution >= 0.6 is 11.6 Å². The van der Waals surface area contributed by atoms with Crippen molar-refractivity contribution in [3.05, 3.63) is 64.7 Å². The lowest BCUT2D eigenvalue weighted by molar-refractivity contribution is -0.140. The smallest absolute Gasteiger partial charge is 0.243 e. The molecule has 10 heteroatoms. The van der Waals surface area contributed by atoms with Gasteiger partial charge < -0.3 is 15.0 Å². The standard InChI is InChI=1S/C27H36ClN3O5S/c1-21(27(33)29-16-5-19-36-2)31(20-23-6-11-24(28)12-7-23)26(32)15-10-22-8-13-25(14-9-22)37(34,35)30-17-3-4-18-30/h6-9,11-14,21H,3-5,10,15-20H2,1-2H3,(H,29,33)/t21-/m1/s1. The molecule has 0 radical (unpaired) electrons. The molecular formula is C27H36ClN3O5S. The molecule has 202 valence electrons. The van der Waals surface area contributed by atoms with E-state index in [-0.39, 0.29) is 29.7 Å². The summed E-state index contributed by atoms with van der Waals surface area (Å²) in [4.78, 5) is 27.9. The van der Waals surface area contributed by atoms with Gasteiger partial charge in [0.1, 0.15) is 6.04 Å². The first-order valence-electron chi connectivity index (χ1n) is 12.6. The molecule has 1 saturated heterocycles. The predicted octanol–water partition coefficient (Wildman–Crippen LogP) is 3.63. The zero-order chi connectivity index (χ0) is 26.8. The number of methoxy groups -OCH3 is 1. The zero-order valence-corrected chi connectivity index (χ0v) is 23.1. The van der Waals surface area contributed by atoms with Crippen LogP contribution in [-0.4, -0.2) is 68.8 Å². The number of aryl methyl sites for hydroxylation is 1. The minimum absolute atomic E-state index is 0.164. The third kappa shape index (κ3) is 8.26. The van der Waals surface area contributed by atoms with E-state index in [1.807, 2.05) is 12.1 Å². The van der Waals surface area contributed by atoms with Gasteiger partial charge in [-0.25, -0.2) is 8.42 Å². The Morgan fingerprint density at radius 2 is 1.68 bits per heavy atom. The SMILES string of the molecule is COCCCNC(=O)[C@@H](C)N(Cc1ccc(Cl)cc1)C(=O)CCc1ccc(S(=O)(=O)N2CCCC2)cc1. The maximum Gasteiger partial charge on any atom is 0.243 e. The molecule has 3 rings (SSSR count).